The molecule has 1 aromatic carbocycles. The highest BCUT2D eigenvalue weighted by atomic mass is 16.3. The lowest BCUT2D eigenvalue weighted by molar-refractivity contribution is 0.475. The molecule has 0 heterocycles. The molecule has 0 aliphatic heterocycles. The molecule has 60 valence electrons. The Labute approximate surface area is 73.7 Å². The standard InChI is InChI=1S/C9H13NO/c1-7(10)6-8-2-4-9(11)5-3-8/h2-5,7,11H,6,10H2,1H3/i1D3,6D,7D. The number of phenolic OH excluding ortho intramolecular Hbond substituents is 1. The molecule has 0 aliphatic carbocycles. The summed E-state index contributed by atoms with van der Waals surface area (Å²) < 4.78 is 36.6. The minimum absolute atomic E-state index is 0.0115. The second-order valence-electron chi connectivity index (χ2n) is 2.19. The van der Waals surface area contributed by atoms with Crippen molar-refractivity contribution in [1.29, 1.82) is 0 Å². The first-order valence-corrected chi connectivity index (χ1v) is 3.16. The van der Waals surface area contributed by atoms with Gasteiger partial charge < -0.3 is 10.8 Å². The molecule has 0 aliphatic rings. The first-order chi connectivity index (χ1) is 7.16. The average molecular weight is 156 g/mol. The third-order valence-corrected chi connectivity index (χ3v) is 1.22. The lowest BCUT2D eigenvalue weighted by atomic mass is 10.1. The van der Waals surface area contributed by atoms with E-state index < -0.39 is 19.3 Å². The number of aromatic hydroxyl groups is 1. The van der Waals surface area contributed by atoms with Crippen LogP contribution in [0.15, 0.2) is 24.3 Å². The SMILES string of the molecule is [2H]C(c1ccc(O)cc1)C([2H])(N)C([2H])([2H])[2H]. The van der Waals surface area contributed by atoms with Crippen molar-refractivity contribution >= 4 is 0 Å². The van der Waals surface area contributed by atoms with Crippen molar-refractivity contribution in [2.24, 2.45) is 5.73 Å². The van der Waals surface area contributed by atoms with Crippen LogP contribution >= 0.6 is 0 Å². The highest BCUT2D eigenvalue weighted by Crippen LogP contribution is 2.10. The van der Waals surface area contributed by atoms with E-state index in [1.54, 1.807) is 0 Å². The predicted octanol–water partition coefficient (Wildman–Crippen LogP) is 1.28. The van der Waals surface area contributed by atoms with Gasteiger partial charge in [0.05, 0.1) is 0 Å². The molecule has 0 bridgehead atoms. The van der Waals surface area contributed by atoms with Gasteiger partial charge in [-0.3, -0.25) is 0 Å². The zero-order valence-electron chi connectivity index (χ0n) is 10.9. The largest absolute Gasteiger partial charge is 0.508 e. The molecule has 0 amide bonds. The lowest BCUT2D eigenvalue weighted by Gasteiger charge is -2.03. The van der Waals surface area contributed by atoms with Gasteiger partial charge in [-0.1, -0.05) is 12.1 Å². The van der Waals surface area contributed by atoms with E-state index in [0.717, 1.165) is 0 Å². The third-order valence-electron chi connectivity index (χ3n) is 1.22. The van der Waals surface area contributed by atoms with Gasteiger partial charge in [-0.2, -0.15) is 0 Å². The monoisotopic (exact) mass is 156 g/mol. The Bertz CT molecular complexity index is 359. The summed E-state index contributed by atoms with van der Waals surface area (Å²) in [5, 5.41) is 9.05. The Morgan fingerprint density at radius 2 is 2.36 bits per heavy atom. The van der Waals surface area contributed by atoms with Crippen molar-refractivity contribution in [3.63, 3.8) is 0 Å². The van der Waals surface area contributed by atoms with Crippen LogP contribution in [0.1, 0.15) is 19.3 Å². The second kappa shape index (κ2) is 3.39. The predicted molar refractivity (Wildman–Crippen MR) is 45.5 cm³/mol. The summed E-state index contributed by atoms with van der Waals surface area (Å²) in [6, 6.07) is 3.05. The summed E-state index contributed by atoms with van der Waals surface area (Å²) in [5.41, 5.74) is 5.65. The summed E-state index contributed by atoms with van der Waals surface area (Å²) in [6.07, 6.45) is -1.40. The van der Waals surface area contributed by atoms with Gasteiger partial charge in [0, 0.05) is 12.9 Å². The fourth-order valence-electron chi connectivity index (χ4n) is 0.750. The summed E-state index contributed by atoms with van der Waals surface area (Å²) in [5.74, 6) is 0.0115. The Morgan fingerprint density at radius 3 is 2.91 bits per heavy atom. The van der Waals surface area contributed by atoms with Crippen molar-refractivity contribution in [2.45, 2.75) is 19.3 Å². The van der Waals surface area contributed by atoms with Crippen LogP contribution in [-0.4, -0.2) is 11.1 Å². The number of rotatable bonds is 2. The molecule has 0 saturated carbocycles. The third kappa shape index (κ3) is 2.60. The summed E-state index contributed by atoms with van der Waals surface area (Å²) >= 11 is 0. The fourth-order valence-corrected chi connectivity index (χ4v) is 0.750. The molecule has 0 saturated heterocycles. The van der Waals surface area contributed by atoms with E-state index in [9.17, 15) is 0 Å². The molecule has 2 heteroatoms. The van der Waals surface area contributed by atoms with Crippen LogP contribution in [0.3, 0.4) is 0 Å². The van der Waals surface area contributed by atoms with Crippen molar-refractivity contribution in [3.05, 3.63) is 29.8 Å². The number of hydrogen-bond acceptors (Lipinski definition) is 2. The number of phenols is 1. The van der Waals surface area contributed by atoms with Crippen molar-refractivity contribution in [1.82, 2.24) is 0 Å². The van der Waals surface area contributed by atoms with E-state index in [2.05, 4.69) is 0 Å². The topological polar surface area (TPSA) is 46.2 Å². The van der Waals surface area contributed by atoms with Gasteiger partial charge in [0.25, 0.3) is 0 Å². The molecule has 2 nitrogen and oxygen atoms in total. The first-order valence-electron chi connectivity index (χ1n) is 5.74. The van der Waals surface area contributed by atoms with E-state index in [1.165, 1.54) is 24.3 Å². The second-order valence-corrected chi connectivity index (χ2v) is 2.19. The zero-order valence-corrected chi connectivity index (χ0v) is 5.91. The van der Waals surface area contributed by atoms with Crippen LogP contribution in [0, 0.1) is 0 Å². The lowest BCUT2D eigenvalue weighted by Crippen LogP contribution is -2.17. The molecule has 3 N–H and O–H groups in total. The first kappa shape index (κ1) is 3.59. The summed E-state index contributed by atoms with van der Waals surface area (Å²) in [6.45, 7) is -2.74. The molecule has 11 heavy (non-hydrogen) atoms. The van der Waals surface area contributed by atoms with E-state index in [1.807, 2.05) is 0 Å². The van der Waals surface area contributed by atoms with Crippen LogP contribution in [0.4, 0.5) is 0 Å². The van der Waals surface area contributed by atoms with Crippen molar-refractivity contribution in [2.75, 3.05) is 0 Å². The normalized spacial score (nSPS) is 26.5. The van der Waals surface area contributed by atoms with Crippen molar-refractivity contribution in [3.8, 4) is 5.75 Å². The average Bonchev–Trinajstić information content (AvgIpc) is 2.16. The van der Waals surface area contributed by atoms with Gasteiger partial charge in [-0.05, 0) is 30.9 Å². The van der Waals surface area contributed by atoms with E-state index in [4.69, 9.17) is 17.7 Å². The molecule has 0 aromatic heterocycles. The fraction of sp³-hybridized carbons (Fsp3) is 0.333. The van der Waals surface area contributed by atoms with Gasteiger partial charge >= 0.3 is 0 Å². The van der Waals surface area contributed by atoms with Crippen LogP contribution in [0.2, 0.25) is 0 Å². The minimum Gasteiger partial charge on any atom is -0.508 e. The van der Waals surface area contributed by atoms with E-state index >= 15 is 0 Å². The van der Waals surface area contributed by atoms with Gasteiger partial charge in [-0.15, -0.1) is 0 Å². The van der Waals surface area contributed by atoms with Crippen LogP contribution in [0.25, 0.3) is 0 Å². The molecule has 0 fully saturated rings. The van der Waals surface area contributed by atoms with Gasteiger partial charge in [0.15, 0.2) is 0 Å². The quantitative estimate of drug-likeness (QED) is 0.677. The van der Waals surface area contributed by atoms with Crippen LogP contribution < -0.4 is 5.73 Å². The highest BCUT2D eigenvalue weighted by Gasteiger charge is 1.96. The minimum atomic E-state index is -2.74. The molecule has 0 radical (unpaired) electrons. The van der Waals surface area contributed by atoms with Gasteiger partial charge in [0.2, 0.25) is 0 Å². The zero-order chi connectivity index (χ0) is 12.6. The maximum absolute atomic E-state index is 9.05. The van der Waals surface area contributed by atoms with E-state index in [-0.39, 0.29) is 11.3 Å². The number of nitrogens with two attached hydrogens (primary N) is 1. The maximum atomic E-state index is 9.05. The molecule has 1 aromatic rings. The van der Waals surface area contributed by atoms with Gasteiger partial charge in [0.1, 0.15) is 5.75 Å². The van der Waals surface area contributed by atoms with Crippen LogP contribution in [0.5, 0.6) is 5.75 Å². The molecule has 0 spiro atoms. The molecule has 2 unspecified atom stereocenters. The Hall–Kier alpha value is -1.02. The Morgan fingerprint density at radius 1 is 1.73 bits per heavy atom. The highest BCUT2D eigenvalue weighted by molar-refractivity contribution is 5.26. The number of hydrogen-bond donors (Lipinski definition) is 2. The molecule has 1 rings (SSSR count). The molecular weight excluding hydrogens is 138 g/mol. The Kier molecular flexibility index (Phi) is 1.11. The summed E-state index contributed by atoms with van der Waals surface area (Å²) in [7, 11) is 0. The molecule has 2 atom stereocenters. The Balaban J connectivity index is 3.02. The summed E-state index contributed by atoms with van der Waals surface area (Å²) in [4.78, 5) is 0. The number of benzene rings is 1. The van der Waals surface area contributed by atoms with Gasteiger partial charge in [-0.25, -0.2) is 0 Å². The van der Waals surface area contributed by atoms with Crippen molar-refractivity contribution < 1.29 is 12.0 Å². The smallest absolute Gasteiger partial charge is 0.115 e. The maximum Gasteiger partial charge on any atom is 0.115 e. The molecular formula is C9H13NO. The van der Waals surface area contributed by atoms with E-state index in [0.29, 0.717) is 0 Å². The van der Waals surface area contributed by atoms with Crippen LogP contribution in [-0.2, 0) is 6.40 Å².